The fourth-order valence-corrected chi connectivity index (χ4v) is 3.86. The molecule has 1 aliphatic heterocycles. The Hall–Kier alpha value is -0.130. The number of nitrogens with zero attached hydrogens (tertiary/aromatic N) is 1. The lowest BCUT2D eigenvalue weighted by Crippen LogP contribution is -2.41. The van der Waals surface area contributed by atoms with Crippen molar-refractivity contribution in [2.75, 3.05) is 25.9 Å². The highest BCUT2D eigenvalue weighted by Gasteiger charge is 2.30. The van der Waals surface area contributed by atoms with Crippen LogP contribution in [0.1, 0.15) is 34.1 Å². The highest BCUT2D eigenvalue weighted by atomic mass is 32.2. The van der Waals surface area contributed by atoms with Crippen molar-refractivity contribution >= 4 is 10.0 Å². The molecular formula is C12H26N2O2S. The maximum Gasteiger partial charge on any atom is 0.211 e. The number of nitrogens with one attached hydrogen (secondary N) is 1. The molecule has 1 fully saturated rings. The van der Waals surface area contributed by atoms with Crippen molar-refractivity contribution in [3.63, 3.8) is 0 Å². The van der Waals surface area contributed by atoms with Gasteiger partial charge in [-0.15, -0.1) is 0 Å². The van der Waals surface area contributed by atoms with Crippen LogP contribution in [0.5, 0.6) is 0 Å². The largest absolute Gasteiger partial charge is 0.304 e. The molecule has 1 N–H and O–H groups in total. The highest BCUT2D eigenvalue weighted by molar-refractivity contribution is 7.89. The maximum atomic E-state index is 12.0. The lowest BCUT2D eigenvalue weighted by atomic mass is 9.94. The summed E-state index contributed by atoms with van der Waals surface area (Å²) in [6.45, 7) is 10.1. The van der Waals surface area contributed by atoms with E-state index >= 15 is 0 Å². The van der Waals surface area contributed by atoms with E-state index in [4.69, 9.17) is 0 Å². The molecule has 0 aromatic carbocycles. The standard InChI is InChI=1S/C12H26N2O2S/c1-10-8-14(5)9-11(10)13-17(15,16)7-6-12(2,3)4/h10-11,13H,6-9H2,1-5H3/t10-,11+/m0/s1. The molecular weight excluding hydrogens is 236 g/mol. The summed E-state index contributed by atoms with van der Waals surface area (Å²) in [5.41, 5.74) is 0.0623. The fraction of sp³-hybridized carbons (Fsp3) is 1.00. The number of likely N-dealkylation sites (N-methyl/N-ethyl adjacent to an activating group) is 1. The van der Waals surface area contributed by atoms with Crippen molar-refractivity contribution in [3.05, 3.63) is 0 Å². The molecule has 0 amide bonds. The van der Waals surface area contributed by atoms with Crippen LogP contribution in [0.25, 0.3) is 0 Å². The predicted octanol–water partition coefficient (Wildman–Crippen LogP) is 1.29. The van der Waals surface area contributed by atoms with Gasteiger partial charge in [0.05, 0.1) is 5.75 Å². The summed E-state index contributed by atoms with van der Waals surface area (Å²) in [6.07, 6.45) is 0.694. The molecule has 0 bridgehead atoms. The minimum atomic E-state index is -3.13. The van der Waals surface area contributed by atoms with Gasteiger partial charge in [-0.1, -0.05) is 27.7 Å². The fourth-order valence-electron chi connectivity index (χ4n) is 2.09. The van der Waals surface area contributed by atoms with E-state index in [2.05, 4.69) is 37.3 Å². The molecule has 0 aromatic heterocycles. The molecule has 17 heavy (non-hydrogen) atoms. The van der Waals surface area contributed by atoms with E-state index in [-0.39, 0.29) is 17.2 Å². The van der Waals surface area contributed by atoms with Crippen LogP contribution in [0.15, 0.2) is 0 Å². The second-order valence-corrected chi connectivity index (χ2v) is 8.43. The zero-order chi connectivity index (χ0) is 13.3. The van der Waals surface area contributed by atoms with Gasteiger partial charge in [0.1, 0.15) is 0 Å². The van der Waals surface area contributed by atoms with Gasteiger partial charge in [-0.3, -0.25) is 0 Å². The van der Waals surface area contributed by atoms with E-state index < -0.39 is 10.0 Å². The van der Waals surface area contributed by atoms with Gasteiger partial charge in [-0.2, -0.15) is 0 Å². The van der Waals surface area contributed by atoms with Crippen molar-refractivity contribution in [2.45, 2.75) is 40.2 Å². The molecule has 1 rings (SSSR count). The third kappa shape index (κ3) is 5.36. The van der Waals surface area contributed by atoms with Crippen LogP contribution in [0.4, 0.5) is 0 Å². The quantitative estimate of drug-likeness (QED) is 0.830. The number of sulfonamides is 1. The average molecular weight is 262 g/mol. The molecule has 5 heteroatoms. The summed E-state index contributed by atoms with van der Waals surface area (Å²) in [7, 11) is -1.10. The van der Waals surface area contributed by atoms with E-state index in [1.165, 1.54) is 0 Å². The normalized spacial score (nSPS) is 27.6. The van der Waals surface area contributed by atoms with E-state index in [0.29, 0.717) is 12.3 Å². The Morgan fingerprint density at radius 3 is 2.29 bits per heavy atom. The van der Waals surface area contributed by atoms with Gasteiger partial charge in [0.25, 0.3) is 0 Å². The Morgan fingerprint density at radius 1 is 1.29 bits per heavy atom. The van der Waals surface area contributed by atoms with Gasteiger partial charge >= 0.3 is 0 Å². The Bertz CT molecular complexity index is 346. The Labute approximate surface area is 106 Å². The van der Waals surface area contributed by atoms with Crippen LogP contribution in [0.3, 0.4) is 0 Å². The van der Waals surface area contributed by atoms with Gasteiger partial charge in [0, 0.05) is 19.1 Å². The third-order valence-electron chi connectivity index (χ3n) is 3.25. The summed E-state index contributed by atoms with van der Waals surface area (Å²) < 4.78 is 26.8. The molecule has 0 saturated carbocycles. The van der Waals surface area contributed by atoms with E-state index in [9.17, 15) is 8.42 Å². The summed E-state index contributed by atoms with van der Waals surface area (Å²) >= 11 is 0. The van der Waals surface area contributed by atoms with Crippen molar-refractivity contribution in [3.8, 4) is 0 Å². The average Bonchev–Trinajstić information content (AvgIpc) is 2.40. The molecule has 0 spiro atoms. The first kappa shape index (κ1) is 14.9. The Kier molecular flexibility index (Phi) is 4.60. The van der Waals surface area contributed by atoms with Gasteiger partial charge in [-0.05, 0) is 24.8 Å². The molecule has 0 aliphatic carbocycles. The van der Waals surface area contributed by atoms with Crippen LogP contribution in [0.2, 0.25) is 0 Å². The number of hydrogen-bond donors (Lipinski definition) is 1. The summed E-state index contributed by atoms with van der Waals surface area (Å²) in [4.78, 5) is 2.17. The second-order valence-electron chi connectivity index (χ2n) is 6.55. The first-order valence-corrected chi connectivity index (χ1v) is 7.93. The first-order chi connectivity index (χ1) is 7.59. The zero-order valence-electron chi connectivity index (χ0n) is 11.7. The molecule has 1 saturated heterocycles. The molecule has 4 nitrogen and oxygen atoms in total. The number of likely N-dealkylation sites (tertiary alicyclic amines) is 1. The van der Waals surface area contributed by atoms with Crippen LogP contribution in [0, 0.1) is 11.3 Å². The SMILES string of the molecule is C[C@H]1CN(C)C[C@H]1NS(=O)(=O)CCC(C)(C)C. The van der Waals surface area contributed by atoms with Gasteiger partial charge in [0.2, 0.25) is 10.0 Å². The van der Waals surface area contributed by atoms with Crippen molar-refractivity contribution in [1.29, 1.82) is 0 Å². The van der Waals surface area contributed by atoms with Gasteiger partial charge in [-0.25, -0.2) is 13.1 Å². The number of hydrogen-bond acceptors (Lipinski definition) is 3. The molecule has 2 atom stereocenters. The van der Waals surface area contributed by atoms with E-state index in [0.717, 1.165) is 13.1 Å². The first-order valence-electron chi connectivity index (χ1n) is 6.28. The molecule has 102 valence electrons. The van der Waals surface area contributed by atoms with Crippen LogP contribution >= 0.6 is 0 Å². The Morgan fingerprint density at radius 2 is 1.88 bits per heavy atom. The van der Waals surface area contributed by atoms with Crippen LogP contribution in [-0.4, -0.2) is 45.2 Å². The number of rotatable bonds is 4. The maximum absolute atomic E-state index is 12.0. The van der Waals surface area contributed by atoms with E-state index in [1.54, 1.807) is 0 Å². The second kappa shape index (κ2) is 5.24. The van der Waals surface area contributed by atoms with Crippen molar-refractivity contribution < 1.29 is 8.42 Å². The monoisotopic (exact) mass is 262 g/mol. The summed E-state index contributed by atoms with van der Waals surface area (Å²) in [6, 6.07) is 0.0740. The zero-order valence-corrected chi connectivity index (χ0v) is 12.5. The highest BCUT2D eigenvalue weighted by Crippen LogP contribution is 2.20. The molecule has 0 aromatic rings. The minimum absolute atomic E-state index is 0.0623. The van der Waals surface area contributed by atoms with Crippen molar-refractivity contribution in [2.24, 2.45) is 11.3 Å². The smallest absolute Gasteiger partial charge is 0.211 e. The van der Waals surface area contributed by atoms with Crippen molar-refractivity contribution in [1.82, 2.24) is 9.62 Å². The Balaban J connectivity index is 2.50. The lowest BCUT2D eigenvalue weighted by molar-refractivity contribution is 0.393. The molecule has 1 aliphatic rings. The molecule has 0 radical (unpaired) electrons. The predicted molar refractivity (Wildman–Crippen MR) is 71.4 cm³/mol. The van der Waals surface area contributed by atoms with E-state index in [1.807, 2.05) is 7.05 Å². The van der Waals surface area contributed by atoms with Gasteiger partial charge in [0.15, 0.2) is 0 Å². The lowest BCUT2D eigenvalue weighted by Gasteiger charge is -2.20. The third-order valence-corrected chi connectivity index (χ3v) is 4.65. The minimum Gasteiger partial charge on any atom is -0.304 e. The van der Waals surface area contributed by atoms with Gasteiger partial charge < -0.3 is 4.90 Å². The summed E-state index contributed by atoms with van der Waals surface area (Å²) in [5.74, 6) is 0.619. The molecule has 0 unspecified atom stereocenters. The van der Waals surface area contributed by atoms with Crippen LogP contribution in [-0.2, 0) is 10.0 Å². The summed E-state index contributed by atoms with van der Waals surface area (Å²) in [5, 5.41) is 0. The van der Waals surface area contributed by atoms with Crippen LogP contribution < -0.4 is 4.72 Å². The topological polar surface area (TPSA) is 49.4 Å². The molecule has 1 heterocycles.